The van der Waals surface area contributed by atoms with Gasteiger partial charge in [0.05, 0.1) is 0 Å². The standard InChI is InChI=1S/C24H32N6/c1-17-3-21(4-18(1)8-23(7-17,11-21)29-13-25-26-14-29)22-5-19-2-20(6-22)10-24(9-19,12-22)30-15-27-28-16-30/h13-20H,1-12H2. The Morgan fingerprint density at radius 1 is 0.500 bits per heavy atom. The van der Waals surface area contributed by atoms with Crippen LogP contribution in [0.25, 0.3) is 0 Å². The van der Waals surface area contributed by atoms with Crippen LogP contribution in [0.15, 0.2) is 25.3 Å². The van der Waals surface area contributed by atoms with E-state index in [1.165, 1.54) is 77.0 Å². The Morgan fingerprint density at radius 2 is 0.833 bits per heavy atom. The van der Waals surface area contributed by atoms with Gasteiger partial charge in [0, 0.05) is 11.1 Å². The maximum Gasteiger partial charge on any atom is 0.119 e. The highest BCUT2D eigenvalue weighted by Crippen LogP contribution is 2.77. The zero-order valence-corrected chi connectivity index (χ0v) is 17.8. The van der Waals surface area contributed by atoms with Crippen molar-refractivity contribution in [1.82, 2.24) is 29.5 Å². The molecule has 8 aliphatic rings. The third-order valence-corrected chi connectivity index (χ3v) is 11.1. The molecule has 0 saturated heterocycles. The summed E-state index contributed by atoms with van der Waals surface area (Å²) in [4.78, 5) is 0. The van der Waals surface area contributed by atoms with E-state index in [2.05, 4.69) is 29.5 Å². The molecule has 30 heavy (non-hydrogen) atoms. The van der Waals surface area contributed by atoms with Crippen molar-refractivity contribution in [3.63, 3.8) is 0 Å². The molecule has 0 amide bonds. The van der Waals surface area contributed by atoms with Crippen molar-refractivity contribution in [1.29, 1.82) is 0 Å². The van der Waals surface area contributed by atoms with Gasteiger partial charge in [-0.1, -0.05) is 0 Å². The van der Waals surface area contributed by atoms with E-state index >= 15 is 0 Å². The molecule has 6 nitrogen and oxygen atoms in total. The van der Waals surface area contributed by atoms with Gasteiger partial charge in [-0.3, -0.25) is 0 Å². The molecular weight excluding hydrogens is 372 g/mol. The average Bonchev–Trinajstić information content (AvgIpc) is 3.41. The van der Waals surface area contributed by atoms with Crippen LogP contribution in [-0.4, -0.2) is 29.5 Å². The molecule has 4 atom stereocenters. The molecule has 8 fully saturated rings. The first-order chi connectivity index (χ1) is 14.6. The number of aromatic nitrogens is 6. The Hall–Kier alpha value is -1.72. The average molecular weight is 405 g/mol. The van der Waals surface area contributed by atoms with Crippen LogP contribution in [0.4, 0.5) is 0 Å². The highest BCUT2D eigenvalue weighted by molar-refractivity contribution is 5.21. The maximum absolute atomic E-state index is 4.23. The Morgan fingerprint density at radius 3 is 1.17 bits per heavy atom. The summed E-state index contributed by atoms with van der Waals surface area (Å²) in [6.45, 7) is 0. The molecule has 0 aliphatic heterocycles. The Bertz CT molecular complexity index is 869. The summed E-state index contributed by atoms with van der Waals surface area (Å²) >= 11 is 0. The van der Waals surface area contributed by atoms with E-state index in [9.17, 15) is 0 Å². The van der Waals surface area contributed by atoms with Crippen LogP contribution in [-0.2, 0) is 11.1 Å². The summed E-state index contributed by atoms with van der Waals surface area (Å²) in [5.74, 6) is 3.64. The second kappa shape index (κ2) is 5.18. The van der Waals surface area contributed by atoms with Gasteiger partial charge in [0.15, 0.2) is 0 Å². The molecule has 0 aromatic carbocycles. The van der Waals surface area contributed by atoms with Gasteiger partial charge in [-0.2, -0.15) is 0 Å². The van der Waals surface area contributed by atoms with E-state index in [1.54, 1.807) is 0 Å². The van der Waals surface area contributed by atoms with Gasteiger partial charge in [0.25, 0.3) is 0 Å². The van der Waals surface area contributed by atoms with Crippen molar-refractivity contribution in [3.8, 4) is 0 Å². The molecule has 0 N–H and O–H groups in total. The van der Waals surface area contributed by atoms with Crippen LogP contribution >= 0.6 is 0 Å². The van der Waals surface area contributed by atoms with Gasteiger partial charge in [-0.25, -0.2) is 0 Å². The van der Waals surface area contributed by atoms with E-state index in [1.807, 2.05) is 25.3 Å². The topological polar surface area (TPSA) is 61.4 Å². The number of hydrogen-bond acceptors (Lipinski definition) is 4. The van der Waals surface area contributed by atoms with Crippen LogP contribution < -0.4 is 0 Å². The minimum atomic E-state index is 0.292. The van der Waals surface area contributed by atoms with Crippen LogP contribution in [0.2, 0.25) is 0 Å². The monoisotopic (exact) mass is 404 g/mol. The molecule has 8 aliphatic carbocycles. The maximum atomic E-state index is 4.23. The van der Waals surface area contributed by atoms with E-state index in [0.29, 0.717) is 21.9 Å². The summed E-state index contributed by atoms with van der Waals surface area (Å²) in [7, 11) is 0. The Labute approximate surface area is 177 Å². The van der Waals surface area contributed by atoms with Gasteiger partial charge in [-0.05, 0) is 112 Å². The summed E-state index contributed by atoms with van der Waals surface area (Å²) in [5.41, 5.74) is 1.64. The van der Waals surface area contributed by atoms with Crippen LogP contribution in [0, 0.1) is 34.5 Å². The van der Waals surface area contributed by atoms with E-state index in [4.69, 9.17) is 0 Å². The van der Waals surface area contributed by atoms with Gasteiger partial charge >= 0.3 is 0 Å². The van der Waals surface area contributed by atoms with E-state index in [-0.39, 0.29) is 0 Å². The van der Waals surface area contributed by atoms with Gasteiger partial charge in [-0.15, -0.1) is 20.4 Å². The van der Waals surface area contributed by atoms with Crippen LogP contribution in [0.3, 0.4) is 0 Å². The molecule has 10 rings (SSSR count). The lowest BCUT2D eigenvalue weighted by Crippen LogP contribution is -2.67. The fraction of sp³-hybridized carbons (Fsp3) is 0.833. The van der Waals surface area contributed by atoms with Crippen molar-refractivity contribution in [3.05, 3.63) is 25.3 Å². The summed E-state index contributed by atoms with van der Waals surface area (Å²) < 4.78 is 4.88. The van der Waals surface area contributed by atoms with Crippen molar-refractivity contribution >= 4 is 0 Å². The lowest BCUT2D eigenvalue weighted by atomic mass is 9.33. The fourth-order valence-corrected chi connectivity index (χ4v) is 11.2. The lowest BCUT2D eigenvalue weighted by molar-refractivity contribution is -0.230. The minimum Gasteiger partial charge on any atom is -0.314 e. The summed E-state index contributed by atoms with van der Waals surface area (Å²) in [5, 5.41) is 16.9. The third-order valence-electron chi connectivity index (χ3n) is 11.1. The van der Waals surface area contributed by atoms with Gasteiger partial charge in [0.1, 0.15) is 25.3 Å². The molecule has 158 valence electrons. The minimum absolute atomic E-state index is 0.292. The highest BCUT2D eigenvalue weighted by Gasteiger charge is 2.70. The Balaban J connectivity index is 1.26. The van der Waals surface area contributed by atoms with E-state index < -0.39 is 0 Å². The van der Waals surface area contributed by atoms with Gasteiger partial charge < -0.3 is 9.13 Å². The second-order valence-electron chi connectivity index (χ2n) is 12.7. The van der Waals surface area contributed by atoms with Crippen molar-refractivity contribution in [2.75, 3.05) is 0 Å². The molecule has 2 aromatic rings. The molecule has 0 radical (unpaired) electrons. The predicted octanol–water partition coefficient (Wildman–Crippen LogP) is 4.16. The van der Waals surface area contributed by atoms with Crippen LogP contribution in [0.1, 0.15) is 77.0 Å². The summed E-state index contributed by atoms with van der Waals surface area (Å²) in [6, 6.07) is 0. The SMILES string of the molecule is c1nncn1C12CC3CC(C1)CC(C14CC5CC(CC(n6cnnc6)(C5)C1)C4)(C3)C2. The predicted molar refractivity (Wildman–Crippen MR) is 110 cm³/mol. The first kappa shape index (κ1) is 16.9. The highest BCUT2D eigenvalue weighted by atomic mass is 15.3. The molecule has 8 bridgehead atoms. The molecule has 0 spiro atoms. The molecule has 8 saturated carbocycles. The largest absolute Gasteiger partial charge is 0.314 e. The first-order valence-electron chi connectivity index (χ1n) is 12.3. The molecule has 2 heterocycles. The van der Waals surface area contributed by atoms with Crippen molar-refractivity contribution < 1.29 is 0 Å². The Kier molecular flexibility index (Phi) is 2.92. The van der Waals surface area contributed by atoms with E-state index in [0.717, 1.165) is 23.7 Å². The third kappa shape index (κ3) is 1.93. The number of hydrogen-bond donors (Lipinski definition) is 0. The molecule has 6 heteroatoms. The zero-order valence-electron chi connectivity index (χ0n) is 17.8. The fourth-order valence-electron chi connectivity index (χ4n) is 11.2. The molecule has 4 unspecified atom stereocenters. The zero-order chi connectivity index (χ0) is 19.6. The first-order valence-corrected chi connectivity index (χ1v) is 12.3. The van der Waals surface area contributed by atoms with Crippen molar-refractivity contribution in [2.45, 2.75) is 88.1 Å². The number of nitrogens with zero attached hydrogens (tertiary/aromatic N) is 6. The second-order valence-corrected chi connectivity index (χ2v) is 12.7. The van der Waals surface area contributed by atoms with Crippen LogP contribution in [0.5, 0.6) is 0 Å². The lowest BCUT2D eigenvalue weighted by Gasteiger charge is -2.74. The van der Waals surface area contributed by atoms with Crippen molar-refractivity contribution in [2.24, 2.45) is 34.5 Å². The quantitative estimate of drug-likeness (QED) is 0.771. The molecular formula is C24H32N6. The smallest absolute Gasteiger partial charge is 0.119 e. The summed E-state index contributed by atoms with van der Waals surface area (Å²) in [6.07, 6.45) is 25.2. The normalized spacial score (nSPS) is 52.9. The molecule has 2 aromatic heterocycles. The number of rotatable bonds is 3. The van der Waals surface area contributed by atoms with Gasteiger partial charge in [0.2, 0.25) is 0 Å².